The second-order valence-electron chi connectivity index (χ2n) is 5.13. The lowest BCUT2D eigenvalue weighted by Gasteiger charge is -2.15. The monoisotopic (exact) mass is 363 g/mol. The molecule has 1 atom stereocenters. The van der Waals surface area contributed by atoms with E-state index in [0.29, 0.717) is 6.04 Å². The molecule has 112 valence electrons. The van der Waals surface area contributed by atoms with Crippen molar-refractivity contribution in [3.63, 3.8) is 0 Å². The molecule has 0 amide bonds. The van der Waals surface area contributed by atoms with Crippen LogP contribution in [0.25, 0.3) is 0 Å². The Labute approximate surface area is 140 Å². The third-order valence-electron chi connectivity index (χ3n) is 3.52. The van der Waals surface area contributed by atoms with Gasteiger partial charge in [-0.15, -0.1) is 11.8 Å². The Morgan fingerprint density at radius 3 is 2.62 bits per heavy atom. The normalized spacial score (nSPS) is 12.3. The summed E-state index contributed by atoms with van der Waals surface area (Å²) in [6.07, 6.45) is 3.61. The molecule has 0 aliphatic carbocycles. The van der Waals surface area contributed by atoms with Gasteiger partial charge < -0.3 is 5.32 Å². The van der Waals surface area contributed by atoms with Gasteiger partial charge in [-0.25, -0.2) is 0 Å². The first-order valence-corrected chi connectivity index (χ1v) is 9.15. The van der Waals surface area contributed by atoms with Crippen molar-refractivity contribution >= 4 is 27.7 Å². The van der Waals surface area contributed by atoms with Crippen molar-refractivity contribution < 1.29 is 0 Å². The van der Waals surface area contributed by atoms with Crippen LogP contribution in [0.3, 0.4) is 0 Å². The Bertz CT molecular complexity index is 530. The lowest BCUT2D eigenvalue weighted by molar-refractivity contribution is 0.549. The van der Waals surface area contributed by atoms with Gasteiger partial charge in [0.05, 0.1) is 0 Å². The van der Waals surface area contributed by atoms with Crippen LogP contribution in [-0.4, -0.2) is 18.8 Å². The van der Waals surface area contributed by atoms with Gasteiger partial charge in [-0.1, -0.05) is 52.3 Å². The summed E-state index contributed by atoms with van der Waals surface area (Å²) >= 11 is 5.45. The number of halogens is 1. The molecule has 1 N–H and O–H groups in total. The van der Waals surface area contributed by atoms with Crippen LogP contribution in [0.1, 0.15) is 18.4 Å². The first-order chi connectivity index (χ1) is 10.3. The predicted molar refractivity (Wildman–Crippen MR) is 97.1 cm³/mol. The van der Waals surface area contributed by atoms with Crippen molar-refractivity contribution in [2.75, 3.05) is 12.8 Å². The van der Waals surface area contributed by atoms with E-state index in [-0.39, 0.29) is 0 Å². The molecular weight excluding hydrogens is 342 g/mol. The van der Waals surface area contributed by atoms with E-state index in [9.17, 15) is 0 Å². The van der Waals surface area contributed by atoms with E-state index in [2.05, 4.69) is 82.9 Å². The van der Waals surface area contributed by atoms with Crippen molar-refractivity contribution in [2.24, 2.45) is 0 Å². The third kappa shape index (κ3) is 6.25. The zero-order valence-electron chi connectivity index (χ0n) is 12.4. The van der Waals surface area contributed by atoms with Crippen molar-refractivity contribution in [2.45, 2.75) is 30.2 Å². The minimum Gasteiger partial charge on any atom is -0.316 e. The van der Waals surface area contributed by atoms with Gasteiger partial charge >= 0.3 is 0 Å². The SMILES string of the molecule is CNC(CCCc1ccccc1)CSc1cccc(Br)c1. The predicted octanol–water partition coefficient (Wildman–Crippen LogP) is 5.15. The van der Waals surface area contributed by atoms with E-state index in [1.54, 1.807) is 0 Å². The molecule has 3 heteroatoms. The maximum atomic E-state index is 3.53. The Kier molecular flexibility index (Phi) is 7.34. The summed E-state index contributed by atoms with van der Waals surface area (Å²) in [7, 11) is 2.06. The van der Waals surface area contributed by atoms with Crippen molar-refractivity contribution in [1.82, 2.24) is 5.32 Å². The summed E-state index contributed by atoms with van der Waals surface area (Å²) in [6.45, 7) is 0. The molecule has 2 aromatic rings. The van der Waals surface area contributed by atoms with Gasteiger partial charge in [0, 0.05) is 21.2 Å². The average Bonchev–Trinajstić information content (AvgIpc) is 2.52. The number of aryl methyl sites for hydroxylation is 1. The van der Waals surface area contributed by atoms with Crippen molar-refractivity contribution in [3.05, 3.63) is 64.6 Å². The van der Waals surface area contributed by atoms with E-state index >= 15 is 0 Å². The highest BCUT2D eigenvalue weighted by molar-refractivity contribution is 9.10. The van der Waals surface area contributed by atoms with Crippen LogP contribution in [0.2, 0.25) is 0 Å². The summed E-state index contributed by atoms with van der Waals surface area (Å²) in [5.74, 6) is 1.11. The summed E-state index contributed by atoms with van der Waals surface area (Å²) in [6, 6.07) is 19.8. The van der Waals surface area contributed by atoms with Crippen LogP contribution < -0.4 is 5.32 Å². The van der Waals surface area contributed by atoms with Crippen molar-refractivity contribution in [3.8, 4) is 0 Å². The molecule has 0 radical (unpaired) electrons. The highest BCUT2D eigenvalue weighted by atomic mass is 79.9. The summed E-state index contributed by atoms with van der Waals surface area (Å²) < 4.78 is 1.15. The Morgan fingerprint density at radius 1 is 1.10 bits per heavy atom. The fourth-order valence-electron chi connectivity index (χ4n) is 2.26. The van der Waals surface area contributed by atoms with Gasteiger partial charge in [0.15, 0.2) is 0 Å². The number of benzene rings is 2. The van der Waals surface area contributed by atoms with Crippen LogP contribution in [0.15, 0.2) is 64.0 Å². The second kappa shape index (κ2) is 9.29. The van der Waals surface area contributed by atoms with Gasteiger partial charge in [0.25, 0.3) is 0 Å². The van der Waals surface area contributed by atoms with Crippen LogP contribution >= 0.6 is 27.7 Å². The standard InChI is InChI=1S/C18H22BrNS/c1-20-17(11-5-9-15-7-3-2-4-8-15)14-21-18-12-6-10-16(19)13-18/h2-4,6-8,10,12-13,17,20H,5,9,11,14H2,1H3. The number of thioether (sulfide) groups is 1. The zero-order chi connectivity index (χ0) is 14.9. The molecule has 0 heterocycles. The van der Waals surface area contributed by atoms with Gasteiger partial charge in [0.1, 0.15) is 0 Å². The van der Waals surface area contributed by atoms with E-state index in [1.165, 1.54) is 29.7 Å². The zero-order valence-corrected chi connectivity index (χ0v) is 14.8. The average molecular weight is 364 g/mol. The number of hydrogen-bond acceptors (Lipinski definition) is 2. The van der Waals surface area contributed by atoms with Crippen LogP contribution in [0.5, 0.6) is 0 Å². The molecule has 1 unspecified atom stereocenters. The molecule has 0 saturated heterocycles. The molecule has 0 saturated carbocycles. The van der Waals surface area contributed by atoms with Crippen LogP contribution in [-0.2, 0) is 6.42 Å². The van der Waals surface area contributed by atoms with Gasteiger partial charge in [-0.05, 0) is 50.1 Å². The highest BCUT2D eigenvalue weighted by Gasteiger charge is 2.07. The molecule has 0 fully saturated rings. The molecule has 21 heavy (non-hydrogen) atoms. The van der Waals surface area contributed by atoms with Gasteiger partial charge in [-0.3, -0.25) is 0 Å². The Morgan fingerprint density at radius 2 is 1.90 bits per heavy atom. The summed E-state index contributed by atoms with van der Waals surface area (Å²) in [4.78, 5) is 1.33. The second-order valence-corrected chi connectivity index (χ2v) is 7.14. The minimum atomic E-state index is 0.567. The number of nitrogens with one attached hydrogen (secondary N) is 1. The van der Waals surface area contributed by atoms with Gasteiger partial charge in [0.2, 0.25) is 0 Å². The van der Waals surface area contributed by atoms with Crippen molar-refractivity contribution in [1.29, 1.82) is 0 Å². The fourth-order valence-corrected chi connectivity index (χ4v) is 3.92. The molecule has 1 nitrogen and oxygen atoms in total. The van der Waals surface area contributed by atoms with E-state index in [4.69, 9.17) is 0 Å². The molecule has 0 aliphatic rings. The molecule has 0 aliphatic heterocycles. The molecule has 0 bridgehead atoms. The third-order valence-corrected chi connectivity index (χ3v) is 5.17. The first-order valence-electron chi connectivity index (χ1n) is 7.37. The molecule has 0 aromatic heterocycles. The molecule has 2 aromatic carbocycles. The fraction of sp³-hybridized carbons (Fsp3) is 0.333. The van der Waals surface area contributed by atoms with E-state index in [0.717, 1.165) is 10.2 Å². The lowest BCUT2D eigenvalue weighted by atomic mass is 10.1. The Hall–Kier alpha value is -0.770. The maximum Gasteiger partial charge on any atom is 0.0186 e. The minimum absolute atomic E-state index is 0.567. The summed E-state index contributed by atoms with van der Waals surface area (Å²) in [5.41, 5.74) is 1.44. The Balaban J connectivity index is 1.73. The highest BCUT2D eigenvalue weighted by Crippen LogP contribution is 2.23. The quantitative estimate of drug-likeness (QED) is 0.650. The van der Waals surface area contributed by atoms with Crippen LogP contribution in [0.4, 0.5) is 0 Å². The largest absolute Gasteiger partial charge is 0.316 e. The number of rotatable bonds is 8. The van der Waals surface area contributed by atoms with Gasteiger partial charge in [-0.2, -0.15) is 0 Å². The maximum absolute atomic E-state index is 3.53. The smallest absolute Gasteiger partial charge is 0.0186 e. The van der Waals surface area contributed by atoms with E-state index < -0.39 is 0 Å². The number of hydrogen-bond donors (Lipinski definition) is 1. The molecule has 2 rings (SSSR count). The molecule has 0 spiro atoms. The summed E-state index contributed by atoms with van der Waals surface area (Å²) in [5, 5.41) is 3.44. The van der Waals surface area contributed by atoms with Crippen LogP contribution in [0, 0.1) is 0 Å². The lowest BCUT2D eigenvalue weighted by Crippen LogP contribution is -2.27. The molecular formula is C18H22BrNS. The van der Waals surface area contributed by atoms with E-state index in [1.807, 2.05) is 11.8 Å². The first kappa shape index (κ1) is 16.6. The topological polar surface area (TPSA) is 12.0 Å².